The minimum absolute atomic E-state index is 0.0288. The molecular formula is C19H16ClN3O4. The first-order valence-electron chi connectivity index (χ1n) is 8.28. The molecule has 7 nitrogen and oxygen atoms in total. The maximum atomic E-state index is 12.1. The smallest absolute Gasteiger partial charge is 0.276 e. The molecule has 0 spiro atoms. The summed E-state index contributed by atoms with van der Waals surface area (Å²) < 4.78 is 0. The Labute approximate surface area is 160 Å². The van der Waals surface area contributed by atoms with E-state index < -0.39 is 10.8 Å². The minimum atomic E-state index is -0.504. The van der Waals surface area contributed by atoms with Crippen molar-refractivity contribution >= 4 is 46.6 Å². The van der Waals surface area contributed by atoms with E-state index >= 15 is 0 Å². The third-order valence-corrected chi connectivity index (χ3v) is 4.43. The number of nitro benzene ring substituents is 1. The molecule has 0 radical (unpaired) electrons. The van der Waals surface area contributed by atoms with Gasteiger partial charge in [0.1, 0.15) is 0 Å². The summed E-state index contributed by atoms with van der Waals surface area (Å²) in [5.74, 6) is -0.421. The predicted octanol–water partition coefficient (Wildman–Crippen LogP) is 4.03. The van der Waals surface area contributed by atoms with Crippen molar-refractivity contribution in [2.75, 3.05) is 16.8 Å². The zero-order chi connectivity index (χ0) is 19.4. The van der Waals surface area contributed by atoms with Crippen molar-refractivity contribution in [3.05, 3.63) is 69.2 Å². The third kappa shape index (κ3) is 4.32. The number of benzene rings is 2. The number of para-hydroxylation sites is 1. The molecule has 0 saturated carbocycles. The fourth-order valence-corrected chi connectivity index (χ4v) is 3.13. The molecule has 0 aromatic heterocycles. The number of carbonyl (C=O) groups is 2. The van der Waals surface area contributed by atoms with Crippen LogP contribution < -0.4 is 10.2 Å². The van der Waals surface area contributed by atoms with Gasteiger partial charge in [0.15, 0.2) is 0 Å². The quantitative estimate of drug-likeness (QED) is 0.477. The Morgan fingerprint density at radius 2 is 2.04 bits per heavy atom. The van der Waals surface area contributed by atoms with Gasteiger partial charge in [-0.1, -0.05) is 23.7 Å². The maximum Gasteiger partial charge on any atom is 0.276 e. The molecule has 1 aliphatic rings. The van der Waals surface area contributed by atoms with Crippen LogP contribution in [-0.2, 0) is 9.59 Å². The van der Waals surface area contributed by atoms with Crippen molar-refractivity contribution in [2.24, 2.45) is 0 Å². The van der Waals surface area contributed by atoms with Crippen LogP contribution >= 0.6 is 11.6 Å². The summed E-state index contributed by atoms with van der Waals surface area (Å²) in [7, 11) is 0. The van der Waals surface area contributed by atoms with Crippen molar-refractivity contribution in [2.45, 2.75) is 12.8 Å². The number of nitro groups is 1. The van der Waals surface area contributed by atoms with Gasteiger partial charge in [-0.15, -0.1) is 0 Å². The third-order valence-electron chi connectivity index (χ3n) is 4.13. The van der Waals surface area contributed by atoms with Gasteiger partial charge in [0.05, 0.1) is 21.2 Å². The first-order chi connectivity index (χ1) is 13.0. The number of nitrogens with one attached hydrogen (secondary N) is 1. The number of carbonyl (C=O) groups excluding carboxylic acids is 2. The van der Waals surface area contributed by atoms with Crippen LogP contribution in [0, 0.1) is 10.1 Å². The fourth-order valence-electron chi connectivity index (χ4n) is 2.85. The lowest BCUT2D eigenvalue weighted by Crippen LogP contribution is -2.24. The Morgan fingerprint density at radius 3 is 2.70 bits per heavy atom. The lowest BCUT2D eigenvalue weighted by atomic mass is 10.1. The van der Waals surface area contributed by atoms with Gasteiger partial charge >= 0.3 is 0 Å². The van der Waals surface area contributed by atoms with E-state index in [0.29, 0.717) is 34.9 Å². The van der Waals surface area contributed by atoms with Crippen LogP contribution in [0.5, 0.6) is 0 Å². The maximum absolute atomic E-state index is 12.1. The number of hydrogen-bond donors (Lipinski definition) is 1. The molecule has 2 amide bonds. The lowest BCUT2D eigenvalue weighted by Gasteiger charge is -2.17. The van der Waals surface area contributed by atoms with Crippen LogP contribution in [0.1, 0.15) is 18.4 Å². The Morgan fingerprint density at radius 1 is 1.26 bits per heavy atom. The first kappa shape index (κ1) is 18.6. The summed E-state index contributed by atoms with van der Waals surface area (Å²) in [5, 5.41) is 14.0. The number of anilines is 2. The highest BCUT2D eigenvalue weighted by molar-refractivity contribution is 6.34. The Hall–Kier alpha value is -3.19. The van der Waals surface area contributed by atoms with E-state index in [2.05, 4.69) is 5.32 Å². The van der Waals surface area contributed by atoms with Gasteiger partial charge in [-0.3, -0.25) is 19.7 Å². The van der Waals surface area contributed by atoms with Gasteiger partial charge in [0.25, 0.3) is 5.69 Å². The van der Waals surface area contributed by atoms with Crippen LogP contribution in [0.2, 0.25) is 5.02 Å². The summed E-state index contributed by atoms with van der Waals surface area (Å²) >= 11 is 6.25. The molecule has 3 rings (SSSR count). The predicted molar refractivity (Wildman–Crippen MR) is 104 cm³/mol. The van der Waals surface area contributed by atoms with Crippen LogP contribution in [0.25, 0.3) is 6.08 Å². The van der Waals surface area contributed by atoms with Crippen LogP contribution in [-0.4, -0.2) is 23.3 Å². The van der Waals surface area contributed by atoms with Gasteiger partial charge in [-0.2, -0.15) is 0 Å². The Kier molecular flexibility index (Phi) is 5.52. The van der Waals surface area contributed by atoms with E-state index in [9.17, 15) is 19.7 Å². The first-order valence-corrected chi connectivity index (χ1v) is 8.66. The van der Waals surface area contributed by atoms with Crippen LogP contribution in [0.4, 0.5) is 17.1 Å². The van der Waals surface area contributed by atoms with E-state index in [-0.39, 0.29) is 11.6 Å². The zero-order valence-corrected chi connectivity index (χ0v) is 15.0. The standard InChI is InChI=1S/C19H16ClN3O4/c20-15-12-14(8-9-17(15)22-11-3-6-19(22)25)21-18(24)10-7-13-4-1-2-5-16(13)23(26)27/h1-2,4-5,7-10,12H,3,6,11H2,(H,21,24)/b10-7+. The number of rotatable bonds is 5. The molecule has 0 bridgehead atoms. The summed E-state index contributed by atoms with van der Waals surface area (Å²) in [6.07, 6.45) is 3.90. The molecule has 1 N–H and O–H groups in total. The second-order valence-corrected chi connectivity index (χ2v) is 6.36. The molecular weight excluding hydrogens is 370 g/mol. The molecule has 0 aliphatic carbocycles. The monoisotopic (exact) mass is 385 g/mol. The van der Waals surface area contributed by atoms with Gasteiger partial charge < -0.3 is 10.2 Å². The SMILES string of the molecule is O=C(/C=C/c1ccccc1[N+](=O)[O-])Nc1ccc(N2CCCC2=O)c(Cl)c1. The summed E-state index contributed by atoms with van der Waals surface area (Å²) in [6, 6.07) is 11.1. The summed E-state index contributed by atoms with van der Waals surface area (Å²) in [6.45, 7) is 0.628. The molecule has 27 heavy (non-hydrogen) atoms. The molecule has 138 valence electrons. The van der Waals surface area contributed by atoms with Gasteiger partial charge in [-0.25, -0.2) is 0 Å². The summed E-state index contributed by atoms with van der Waals surface area (Å²) in [5.41, 5.74) is 1.34. The van der Waals surface area contributed by atoms with Gasteiger partial charge in [0.2, 0.25) is 11.8 Å². The molecule has 2 aromatic carbocycles. The van der Waals surface area contributed by atoms with E-state index in [0.717, 1.165) is 6.42 Å². The Bertz CT molecular complexity index is 942. The molecule has 2 aromatic rings. The molecule has 0 atom stereocenters. The van der Waals surface area contributed by atoms with Crippen molar-refractivity contribution in [1.29, 1.82) is 0 Å². The molecule has 8 heteroatoms. The van der Waals surface area contributed by atoms with Crippen molar-refractivity contribution < 1.29 is 14.5 Å². The number of nitrogens with zero attached hydrogens (tertiary/aromatic N) is 2. The van der Waals surface area contributed by atoms with Crippen LogP contribution in [0.15, 0.2) is 48.5 Å². The van der Waals surface area contributed by atoms with E-state index in [1.165, 1.54) is 18.2 Å². The van der Waals surface area contributed by atoms with Gasteiger partial charge in [-0.05, 0) is 36.8 Å². The molecule has 1 aliphatic heterocycles. The van der Waals surface area contributed by atoms with Crippen molar-refractivity contribution in [3.63, 3.8) is 0 Å². The topological polar surface area (TPSA) is 92.5 Å². The average molecular weight is 386 g/mol. The Balaban J connectivity index is 1.70. The molecule has 1 fully saturated rings. The van der Waals surface area contributed by atoms with E-state index in [4.69, 9.17) is 11.6 Å². The zero-order valence-electron chi connectivity index (χ0n) is 14.2. The fraction of sp³-hybridized carbons (Fsp3) is 0.158. The number of amides is 2. The highest BCUT2D eigenvalue weighted by atomic mass is 35.5. The van der Waals surface area contributed by atoms with Crippen molar-refractivity contribution in [3.8, 4) is 0 Å². The summed E-state index contributed by atoms with van der Waals surface area (Å²) in [4.78, 5) is 36.0. The number of hydrogen-bond acceptors (Lipinski definition) is 4. The average Bonchev–Trinajstić information content (AvgIpc) is 3.06. The molecule has 0 unspecified atom stereocenters. The highest BCUT2D eigenvalue weighted by Gasteiger charge is 2.23. The second-order valence-electron chi connectivity index (χ2n) is 5.95. The molecule has 1 saturated heterocycles. The molecule has 1 heterocycles. The number of halogens is 1. The van der Waals surface area contributed by atoms with Gasteiger partial charge in [0, 0.05) is 30.8 Å². The highest BCUT2D eigenvalue weighted by Crippen LogP contribution is 2.31. The lowest BCUT2D eigenvalue weighted by molar-refractivity contribution is -0.385. The van der Waals surface area contributed by atoms with Crippen LogP contribution in [0.3, 0.4) is 0 Å². The second kappa shape index (κ2) is 8.01. The van der Waals surface area contributed by atoms with E-state index in [1.54, 1.807) is 41.3 Å². The van der Waals surface area contributed by atoms with Crippen molar-refractivity contribution in [1.82, 2.24) is 0 Å². The van der Waals surface area contributed by atoms with E-state index in [1.807, 2.05) is 0 Å². The normalized spacial score (nSPS) is 14.0. The minimum Gasteiger partial charge on any atom is -0.322 e. The largest absolute Gasteiger partial charge is 0.322 e.